The molecule has 17 heavy (non-hydrogen) atoms. The molecule has 0 saturated heterocycles. The van der Waals surface area contributed by atoms with Gasteiger partial charge in [0.1, 0.15) is 0 Å². The summed E-state index contributed by atoms with van der Waals surface area (Å²) in [6, 6.07) is 7.36. The Labute approximate surface area is 108 Å². The first kappa shape index (κ1) is 14.3. The van der Waals surface area contributed by atoms with E-state index >= 15 is 0 Å². The molecule has 1 aromatic carbocycles. The molecule has 0 atom stereocenters. The van der Waals surface area contributed by atoms with Crippen LogP contribution in [-0.2, 0) is 18.4 Å². The van der Waals surface area contributed by atoms with Gasteiger partial charge in [-0.15, -0.1) is 0 Å². The van der Waals surface area contributed by atoms with Crippen molar-refractivity contribution in [3.05, 3.63) is 40.4 Å². The van der Waals surface area contributed by atoms with Gasteiger partial charge in [0.25, 0.3) is 5.52 Å². The van der Waals surface area contributed by atoms with Crippen LogP contribution in [0.1, 0.15) is 5.56 Å². The van der Waals surface area contributed by atoms with Crippen molar-refractivity contribution in [2.45, 2.75) is 0 Å². The number of benzene rings is 1. The van der Waals surface area contributed by atoms with Crippen LogP contribution < -0.4 is 0 Å². The molecule has 0 amide bonds. The van der Waals surface area contributed by atoms with Gasteiger partial charge in [0.2, 0.25) is 0 Å². The van der Waals surface area contributed by atoms with E-state index in [1.54, 1.807) is 6.08 Å². The average molecular weight is 319 g/mol. The fourth-order valence-electron chi connectivity index (χ4n) is 1.12. The summed E-state index contributed by atoms with van der Waals surface area (Å²) in [7, 11) is -1.32. The van der Waals surface area contributed by atoms with E-state index in [1.165, 1.54) is 20.3 Å². The van der Waals surface area contributed by atoms with Crippen molar-refractivity contribution in [2.75, 3.05) is 14.2 Å². The van der Waals surface area contributed by atoms with Crippen molar-refractivity contribution in [3.8, 4) is 0 Å². The molecule has 1 aromatic rings. The van der Waals surface area contributed by atoms with Crippen LogP contribution in [0, 0.1) is 0 Å². The molecule has 0 saturated carbocycles. The van der Waals surface area contributed by atoms with Crippen molar-refractivity contribution < 1.29 is 18.4 Å². The zero-order valence-corrected chi connectivity index (χ0v) is 11.9. The number of halogens is 1. The summed E-state index contributed by atoms with van der Waals surface area (Å²) < 4.78 is 21.7. The van der Waals surface area contributed by atoms with Crippen LogP contribution in [0.2, 0.25) is 0 Å². The minimum absolute atomic E-state index is 0.682. The number of carbonyl (C=O) groups excluding carboxylic acids is 1. The van der Waals surface area contributed by atoms with Crippen LogP contribution >= 0.6 is 23.5 Å². The van der Waals surface area contributed by atoms with E-state index in [0.717, 1.165) is 10.0 Å². The van der Waals surface area contributed by atoms with E-state index in [-0.39, 0.29) is 0 Å². The lowest BCUT2D eigenvalue weighted by molar-refractivity contribution is -0.109. The molecule has 0 aliphatic carbocycles. The summed E-state index contributed by atoms with van der Waals surface area (Å²) >= 11 is 3.34. The van der Waals surface area contributed by atoms with Crippen LogP contribution in [0.3, 0.4) is 0 Å². The van der Waals surface area contributed by atoms with E-state index in [4.69, 9.17) is 0 Å². The minimum atomic E-state index is -3.67. The van der Waals surface area contributed by atoms with E-state index in [0.29, 0.717) is 0 Å². The topological polar surface area (TPSA) is 52.6 Å². The van der Waals surface area contributed by atoms with Crippen molar-refractivity contribution in [2.24, 2.45) is 0 Å². The second kappa shape index (κ2) is 6.26. The Morgan fingerprint density at radius 2 is 1.88 bits per heavy atom. The predicted molar refractivity (Wildman–Crippen MR) is 69.8 cm³/mol. The van der Waals surface area contributed by atoms with Crippen molar-refractivity contribution in [1.29, 1.82) is 0 Å². The van der Waals surface area contributed by atoms with Gasteiger partial charge in [-0.25, -0.2) is 0 Å². The maximum Gasteiger partial charge on any atom is 0.400 e. The highest BCUT2D eigenvalue weighted by Crippen LogP contribution is 2.47. The predicted octanol–water partition coefficient (Wildman–Crippen LogP) is 3.47. The lowest BCUT2D eigenvalue weighted by Gasteiger charge is -2.08. The molecular formula is C11H12BrO4P. The lowest BCUT2D eigenvalue weighted by atomic mass is 10.2. The van der Waals surface area contributed by atoms with Crippen LogP contribution in [0.4, 0.5) is 0 Å². The Hall–Kier alpha value is -0.740. The molecule has 0 aliphatic heterocycles. The van der Waals surface area contributed by atoms with Crippen LogP contribution in [0.25, 0.3) is 6.08 Å². The molecule has 0 aromatic heterocycles. The Balaban J connectivity index is 2.90. The highest BCUT2D eigenvalue weighted by molar-refractivity contribution is 9.10. The highest BCUT2D eigenvalue weighted by atomic mass is 79.9. The molecule has 4 nitrogen and oxygen atoms in total. The normalized spacial score (nSPS) is 11.9. The summed E-state index contributed by atoms with van der Waals surface area (Å²) in [6.45, 7) is 0. The van der Waals surface area contributed by atoms with E-state index in [1.807, 2.05) is 24.3 Å². The molecule has 0 aliphatic rings. The van der Waals surface area contributed by atoms with Gasteiger partial charge in [0.05, 0.1) is 0 Å². The van der Waals surface area contributed by atoms with Gasteiger partial charge >= 0.3 is 7.60 Å². The summed E-state index contributed by atoms with van der Waals surface area (Å²) in [6.07, 6.45) is 2.74. The first-order chi connectivity index (χ1) is 8.03. The Kier molecular flexibility index (Phi) is 5.28. The smallest absolute Gasteiger partial charge is 0.306 e. The second-order valence-corrected chi connectivity index (χ2v) is 6.08. The maximum absolute atomic E-state index is 11.7. The largest absolute Gasteiger partial charge is 0.400 e. The zero-order chi connectivity index (χ0) is 12.9. The van der Waals surface area contributed by atoms with Crippen LogP contribution in [-0.4, -0.2) is 19.7 Å². The van der Waals surface area contributed by atoms with Gasteiger partial charge < -0.3 is 9.05 Å². The van der Waals surface area contributed by atoms with Gasteiger partial charge in [-0.3, -0.25) is 9.36 Å². The fourth-order valence-corrected chi connectivity index (χ4v) is 2.30. The number of rotatable bonds is 5. The van der Waals surface area contributed by atoms with Gasteiger partial charge in [0.15, 0.2) is 0 Å². The van der Waals surface area contributed by atoms with Crippen LogP contribution in [0.15, 0.2) is 34.8 Å². The molecule has 1 rings (SSSR count). The number of hydrogen-bond acceptors (Lipinski definition) is 4. The SMILES string of the molecule is COP(=O)(OC)C(=O)/C=C/c1ccccc1Br. The standard InChI is InChI=1S/C11H12BrO4P/c1-15-17(14,16-2)11(13)8-7-9-5-3-4-6-10(9)12/h3-8H,1-2H3/b8-7+. The molecule has 0 bridgehead atoms. The first-order valence-corrected chi connectivity index (χ1v) is 7.05. The molecule has 6 heteroatoms. The van der Waals surface area contributed by atoms with E-state index < -0.39 is 13.1 Å². The third-order valence-corrected chi connectivity index (χ3v) is 4.43. The van der Waals surface area contributed by atoms with Crippen molar-refractivity contribution in [1.82, 2.24) is 0 Å². The quantitative estimate of drug-likeness (QED) is 0.616. The molecule has 92 valence electrons. The summed E-state index contributed by atoms with van der Waals surface area (Å²) in [4.78, 5) is 11.6. The molecule has 0 spiro atoms. The molecular weight excluding hydrogens is 307 g/mol. The zero-order valence-electron chi connectivity index (χ0n) is 9.42. The van der Waals surface area contributed by atoms with Crippen molar-refractivity contribution in [3.63, 3.8) is 0 Å². The average Bonchev–Trinajstić information content (AvgIpc) is 2.36. The monoisotopic (exact) mass is 318 g/mol. The fraction of sp³-hybridized carbons (Fsp3) is 0.182. The van der Waals surface area contributed by atoms with Gasteiger partial charge in [-0.05, 0) is 23.8 Å². The Morgan fingerprint density at radius 1 is 1.29 bits per heavy atom. The number of carbonyl (C=O) groups is 1. The first-order valence-electron chi connectivity index (χ1n) is 4.72. The molecule has 0 N–H and O–H groups in total. The highest BCUT2D eigenvalue weighted by Gasteiger charge is 2.29. The van der Waals surface area contributed by atoms with Gasteiger partial charge in [-0.1, -0.05) is 34.1 Å². The van der Waals surface area contributed by atoms with E-state index in [9.17, 15) is 9.36 Å². The molecule has 0 fully saturated rings. The lowest BCUT2D eigenvalue weighted by Crippen LogP contribution is -1.99. The Bertz CT molecular complexity index is 476. The molecule has 0 heterocycles. The molecule has 0 unspecified atom stereocenters. The Morgan fingerprint density at radius 3 is 2.41 bits per heavy atom. The van der Waals surface area contributed by atoms with E-state index in [2.05, 4.69) is 25.0 Å². The van der Waals surface area contributed by atoms with Gasteiger partial charge in [-0.2, -0.15) is 0 Å². The number of allylic oxidation sites excluding steroid dienone is 1. The van der Waals surface area contributed by atoms with Crippen LogP contribution in [0.5, 0.6) is 0 Å². The number of hydrogen-bond donors (Lipinski definition) is 0. The third-order valence-electron chi connectivity index (χ3n) is 2.06. The van der Waals surface area contributed by atoms with Crippen molar-refractivity contribution >= 4 is 35.1 Å². The minimum Gasteiger partial charge on any atom is -0.306 e. The van der Waals surface area contributed by atoms with Gasteiger partial charge in [0, 0.05) is 18.7 Å². The summed E-state index contributed by atoms with van der Waals surface area (Å²) in [5.41, 5.74) is 0.123. The third kappa shape index (κ3) is 3.61. The summed E-state index contributed by atoms with van der Waals surface area (Å²) in [5, 5.41) is 0. The molecule has 0 radical (unpaired) electrons. The second-order valence-electron chi connectivity index (χ2n) is 3.06. The maximum atomic E-state index is 11.7. The summed E-state index contributed by atoms with van der Waals surface area (Å²) in [5.74, 6) is 0.